The van der Waals surface area contributed by atoms with E-state index >= 15 is 0 Å². The van der Waals surface area contributed by atoms with E-state index in [0.29, 0.717) is 11.3 Å². The predicted octanol–water partition coefficient (Wildman–Crippen LogP) is 2.11. The highest BCUT2D eigenvalue weighted by Crippen LogP contribution is 2.25. The zero-order valence-corrected chi connectivity index (χ0v) is 10.7. The van der Waals surface area contributed by atoms with Gasteiger partial charge in [-0.3, -0.25) is 0 Å². The molecule has 1 atom stereocenters. The summed E-state index contributed by atoms with van der Waals surface area (Å²) in [6.45, 7) is 2.02. The summed E-state index contributed by atoms with van der Waals surface area (Å²) in [4.78, 5) is 11.4. The summed E-state index contributed by atoms with van der Waals surface area (Å²) in [5.74, 6) is 0.688. The van der Waals surface area contributed by atoms with E-state index in [1.165, 1.54) is 12.1 Å². The summed E-state index contributed by atoms with van der Waals surface area (Å²) in [7, 11) is 0. The standard InChI is InChI=1S/C13H14O4S/c1-8(6-14)18-7-9-4-13(16)17-12-5-10(15)2-3-11(9)12/h2-5,8,14-15H,6-7H2,1H3. The van der Waals surface area contributed by atoms with Gasteiger partial charge in [-0.05, 0) is 17.7 Å². The van der Waals surface area contributed by atoms with Crippen molar-refractivity contribution < 1.29 is 14.6 Å². The minimum atomic E-state index is -0.430. The first-order valence-corrected chi connectivity index (χ1v) is 6.63. The first kappa shape index (κ1) is 13.0. The number of phenols is 1. The van der Waals surface area contributed by atoms with E-state index in [4.69, 9.17) is 9.52 Å². The third kappa shape index (κ3) is 2.86. The predicted molar refractivity (Wildman–Crippen MR) is 72.0 cm³/mol. The van der Waals surface area contributed by atoms with Crippen LogP contribution in [0.1, 0.15) is 12.5 Å². The maximum Gasteiger partial charge on any atom is 0.336 e. The van der Waals surface area contributed by atoms with Gasteiger partial charge in [0.25, 0.3) is 0 Å². The molecule has 18 heavy (non-hydrogen) atoms. The van der Waals surface area contributed by atoms with Gasteiger partial charge in [-0.1, -0.05) is 6.92 Å². The van der Waals surface area contributed by atoms with Gasteiger partial charge in [0.2, 0.25) is 0 Å². The number of rotatable bonds is 4. The van der Waals surface area contributed by atoms with Crippen LogP contribution in [-0.4, -0.2) is 22.1 Å². The lowest BCUT2D eigenvalue weighted by Crippen LogP contribution is -2.04. The second-order valence-electron chi connectivity index (χ2n) is 4.08. The van der Waals surface area contributed by atoms with Crippen LogP contribution in [-0.2, 0) is 5.75 Å². The molecule has 0 fully saturated rings. The van der Waals surface area contributed by atoms with E-state index in [9.17, 15) is 9.90 Å². The fraction of sp³-hybridized carbons (Fsp3) is 0.308. The fourth-order valence-corrected chi connectivity index (χ4v) is 2.43. The molecule has 0 aliphatic carbocycles. The first-order valence-electron chi connectivity index (χ1n) is 5.58. The largest absolute Gasteiger partial charge is 0.508 e. The molecule has 1 aromatic carbocycles. The lowest BCUT2D eigenvalue weighted by atomic mass is 10.1. The summed E-state index contributed by atoms with van der Waals surface area (Å²) in [5, 5.41) is 19.3. The Balaban J connectivity index is 2.40. The van der Waals surface area contributed by atoms with Crippen molar-refractivity contribution in [1.29, 1.82) is 0 Å². The van der Waals surface area contributed by atoms with Crippen LogP contribution in [0.3, 0.4) is 0 Å². The first-order chi connectivity index (χ1) is 8.60. The van der Waals surface area contributed by atoms with Gasteiger partial charge in [0.1, 0.15) is 11.3 Å². The molecular formula is C13H14O4S. The summed E-state index contributed by atoms with van der Waals surface area (Å²) < 4.78 is 5.04. The van der Waals surface area contributed by atoms with Gasteiger partial charge in [-0.25, -0.2) is 4.79 Å². The van der Waals surface area contributed by atoms with Crippen molar-refractivity contribution in [3.05, 3.63) is 40.2 Å². The van der Waals surface area contributed by atoms with Gasteiger partial charge < -0.3 is 14.6 Å². The maximum absolute atomic E-state index is 11.4. The Morgan fingerprint density at radius 1 is 1.39 bits per heavy atom. The number of hydrogen-bond donors (Lipinski definition) is 2. The minimum absolute atomic E-state index is 0.0687. The van der Waals surface area contributed by atoms with E-state index in [1.807, 2.05) is 6.92 Å². The molecule has 1 aromatic heterocycles. The molecule has 0 aliphatic rings. The second-order valence-corrected chi connectivity index (χ2v) is 5.50. The molecule has 5 heteroatoms. The van der Waals surface area contributed by atoms with Crippen molar-refractivity contribution >= 4 is 22.7 Å². The van der Waals surface area contributed by atoms with Crippen LogP contribution in [0.25, 0.3) is 11.0 Å². The van der Waals surface area contributed by atoms with Crippen molar-refractivity contribution in [1.82, 2.24) is 0 Å². The molecule has 1 heterocycles. The highest BCUT2D eigenvalue weighted by Gasteiger charge is 2.08. The van der Waals surface area contributed by atoms with Crippen molar-refractivity contribution in [2.24, 2.45) is 0 Å². The van der Waals surface area contributed by atoms with Gasteiger partial charge in [-0.15, -0.1) is 0 Å². The zero-order chi connectivity index (χ0) is 13.1. The van der Waals surface area contributed by atoms with Crippen molar-refractivity contribution in [3.63, 3.8) is 0 Å². The second kappa shape index (κ2) is 5.46. The Hall–Kier alpha value is -1.46. The summed E-state index contributed by atoms with van der Waals surface area (Å²) >= 11 is 1.56. The molecule has 2 rings (SSSR count). The van der Waals surface area contributed by atoms with Crippen LogP contribution in [0.5, 0.6) is 5.75 Å². The van der Waals surface area contributed by atoms with Crippen LogP contribution in [0.4, 0.5) is 0 Å². The average molecular weight is 266 g/mol. The quantitative estimate of drug-likeness (QED) is 0.829. The molecule has 0 radical (unpaired) electrons. The molecular weight excluding hydrogens is 252 g/mol. The number of thioether (sulfide) groups is 1. The van der Waals surface area contributed by atoms with E-state index in [-0.39, 0.29) is 17.6 Å². The number of phenolic OH excluding ortho intramolecular Hbond substituents is 1. The van der Waals surface area contributed by atoms with Gasteiger partial charge in [-0.2, -0.15) is 11.8 Å². The average Bonchev–Trinajstić information content (AvgIpc) is 2.34. The zero-order valence-electron chi connectivity index (χ0n) is 9.92. The van der Waals surface area contributed by atoms with E-state index < -0.39 is 5.63 Å². The van der Waals surface area contributed by atoms with E-state index in [0.717, 1.165) is 10.9 Å². The maximum atomic E-state index is 11.4. The number of aliphatic hydroxyl groups excluding tert-OH is 1. The molecule has 0 aliphatic heterocycles. The van der Waals surface area contributed by atoms with Crippen molar-refractivity contribution in [2.45, 2.75) is 17.9 Å². The Bertz CT molecular complexity index is 605. The highest BCUT2D eigenvalue weighted by atomic mass is 32.2. The Labute approximate surface area is 108 Å². The summed E-state index contributed by atoms with van der Waals surface area (Å²) in [6.07, 6.45) is 0. The molecule has 4 nitrogen and oxygen atoms in total. The number of aliphatic hydroxyl groups is 1. The Morgan fingerprint density at radius 3 is 2.89 bits per heavy atom. The fourth-order valence-electron chi connectivity index (χ4n) is 1.62. The lowest BCUT2D eigenvalue weighted by Gasteiger charge is -2.09. The topological polar surface area (TPSA) is 70.7 Å². The van der Waals surface area contributed by atoms with Gasteiger partial charge in [0, 0.05) is 28.5 Å². The Morgan fingerprint density at radius 2 is 2.17 bits per heavy atom. The number of fused-ring (bicyclic) bond motifs is 1. The van der Waals surface area contributed by atoms with Gasteiger partial charge in [0.05, 0.1) is 6.61 Å². The van der Waals surface area contributed by atoms with Crippen LogP contribution in [0.2, 0.25) is 0 Å². The number of aromatic hydroxyl groups is 1. The molecule has 2 aromatic rings. The van der Waals surface area contributed by atoms with Gasteiger partial charge >= 0.3 is 5.63 Å². The van der Waals surface area contributed by atoms with Crippen LogP contribution in [0, 0.1) is 0 Å². The third-order valence-corrected chi connectivity index (χ3v) is 3.79. The van der Waals surface area contributed by atoms with Crippen LogP contribution in [0.15, 0.2) is 33.5 Å². The monoisotopic (exact) mass is 266 g/mol. The van der Waals surface area contributed by atoms with Crippen molar-refractivity contribution in [3.8, 4) is 5.75 Å². The number of benzene rings is 1. The summed E-state index contributed by atoms with van der Waals surface area (Å²) in [5.41, 5.74) is 0.807. The van der Waals surface area contributed by atoms with E-state index in [2.05, 4.69) is 0 Å². The SMILES string of the molecule is CC(CO)SCc1cc(=O)oc2cc(O)ccc12. The van der Waals surface area contributed by atoms with E-state index in [1.54, 1.807) is 23.9 Å². The van der Waals surface area contributed by atoms with Crippen molar-refractivity contribution in [2.75, 3.05) is 6.61 Å². The smallest absolute Gasteiger partial charge is 0.336 e. The molecule has 2 N–H and O–H groups in total. The molecule has 0 saturated carbocycles. The van der Waals surface area contributed by atoms with Gasteiger partial charge in [0.15, 0.2) is 0 Å². The van der Waals surface area contributed by atoms with Crippen LogP contribution >= 0.6 is 11.8 Å². The lowest BCUT2D eigenvalue weighted by molar-refractivity contribution is 0.300. The molecule has 0 bridgehead atoms. The number of hydrogen-bond acceptors (Lipinski definition) is 5. The van der Waals surface area contributed by atoms with Crippen LogP contribution < -0.4 is 5.63 Å². The minimum Gasteiger partial charge on any atom is -0.508 e. The molecule has 0 spiro atoms. The normalized spacial score (nSPS) is 12.8. The third-order valence-electron chi connectivity index (χ3n) is 2.59. The molecule has 96 valence electrons. The molecule has 0 saturated heterocycles. The Kier molecular flexibility index (Phi) is 3.93. The highest BCUT2D eigenvalue weighted by molar-refractivity contribution is 7.99. The summed E-state index contributed by atoms with van der Waals surface area (Å²) in [6, 6.07) is 6.18. The molecule has 0 amide bonds. The molecule has 1 unspecified atom stereocenters.